The van der Waals surface area contributed by atoms with Crippen molar-refractivity contribution in [2.24, 2.45) is 0 Å². The summed E-state index contributed by atoms with van der Waals surface area (Å²) in [6.45, 7) is 4.73. The van der Waals surface area contributed by atoms with Gasteiger partial charge in [-0.3, -0.25) is 4.79 Å². The van der Waals surface area contributed by atoms with Crippen LogP contribution in [0.15, 0.2) is 24.3 Å². The van der Waals surface area contributed by atoms with Gasteiger partial charge in [0.25, 0.3) is 0 Å². The molecular formula is C16H26N3O+. The third-order valence-electron chi connectivity index (χ3n) is 4.11. The van der Waals surface area contributed by atoms with Crippen LogP contribution in [-0.4, -0.2) is 39.6 Å². The van der Waals surface area contributed by atoms with E-state index in [1.165, 1.54) is 37.2 Å². The molecule has 0 aliphatic carbocycles. The van der Waals surface area contributed by atoms with E-state index in [-0.39, 0.29) is 5.91 Å². The van der Waals surface area contributed by atoms with E-state index >= 15 is 0 Å². The van der Waals surface area contributed by atoms with Crippen LogP contribution in [0.25, 0.3) is 0 Å². The summed E-state index contributed by atoms with van der Waals surface area (Å²) >= 11 is 0. The summed E-state index contributed by atoms with van der Waals surface area (Å²) in [6.07, 6.45) is 2.59. The third kappa shape index (κ3) is 3.73. The molecule has 0 aromatic heterocycles. The second-order valence-electron chi connectivity index (χ2n) is 5.84. The fourth-order valence-corrected chi connectivity index (χ4v) is 2.93. The quantitative estimate of drug-likeness (QED) is 0.827. The lowest BCUT2D eigenvalue weighted by molar-refractivity contribution is -0.918. The van der Waals surface area contributed by atoms with Gasteiger partial charge in [0.2, 0.25) is 5.91 Å². The average Bonchev–Trinajstić information content (AvgIpc) is 2.93. The van der Waals surface area contributed by atoms with Crippen molar-refractivity contribution in [1.82, 2.24) is 5.32 Å². The van der Waals surface area contributed by atoms with Crippen LogP contribution in [0.3, 0.4) is 0 Å². The van der Waals surface area contributed by atoms with Gasteiger partial charge < -0.3 is 15.1 Å². The molecule has 0 radical (unpaired) electrons. The summed E-state index contributed by atoms with van der Waals surface area (Å²) < 4.78 is 0. The van der Waals surface area contributed by atoms with E-state index in [0.717, 1.165) is 6.54 Å². The van der Waals surface area contributed by atoms with Crippen LogP contribution < -0.4 is 15.1 Å². The molecule has 1 heterocycles. The molecule has 4 heteroatoms. The van der Waals surface area contributed by atoms with Crippen LogP contribution in [0.5, 0.6) is 0 Å². The number of anilines is 1. The van der Waals surface area contributed by atoms with Gasteiger partial charge in [0.15, 0.2) is 0 Å². The van der Waals surface area contributed by atoms with Crippen LogP contribution in [0, 0.1) is 0 Å². The van der Waals surface area contributed by atoms with Crippen molar-refractivity contribution < 1.29 is 9.69 Å². The fourth-order valence-electron chi connectivity index (χ4n) is 2.93. The SMILES string of the molecule is CC(=O)NC[C@H](c1ccc(N(C)C)cc1)[NH+]1CCCC1. The highest BCUT2D eigenvalue weighted by Gasteiger charge is 2.27. The lowest BCUT2D eigenvalue weighted by atomic mass is 10.0. The maximum atomic E-state index is 11.2. The molecule has 2 N–H and O–H groups in total. The molecule has 2 rings (SSSR count). The van der Waals surface area contributed by atoms with E-state index in [2.05, 4.69) is 48.6 Å². The summed E-state index contributed by atoms with van der Waals surface area (Å²) in [5.41, 5.74) is 2.53. The number of rotatable bonds is 5. The highest BCUT2D eigenvalue weighted by atomic mass is 16.1. The lowest BCUT2D eigenvalue weighted by Gasteiger charge is -2.25. The fraction of sp³-hybridized carbons (Fsp3) is 0.562. The Morgan fingerprint density at radius 1 is 1.25 bits per heavy atom. The maximum absolute atomic E-state index is 11.2. The molecule has 0 bridgehead atoms. The zero-order chi connectivity index (χ0) is 14.5. The van der Waals surface area contributed by atoms with Crippen molar-refractivity contribution in [3.63, 3.8) is 0 Å². The van der Waals surface area contributed by atoms with Crippen molar-refractivity contribution in [2.75, 3.05) is 38.6 Å². The number of carbonyl (C=O) groups is 1. The lowest BCUT2D eigenvalue weighted by Crippen LogP contribution is -3.11. The Morgan fingerprint density at radius 3 is 2.35 bits per heavy atom. The number of carbonyl (C=O) groups excluding carboxylic acids is 1. The van der Waals surface area contributed by atoms with Gasteiger partial charge in [-0.05, 0) is 12.1 Å². The third-order valence-corrected chi connectivity index (χ3v) is 4.11. The summed E-state index contributed by atoms with van der Waals surface area (Å²) in [5.74, 6) is 0.0542. The van der Waals surface area contributed by atoms with Crippen molar-refractivity contribution in [3.05, 3.63) is 29.8 Å². The molecule has 1 aliphatic rings. The van der Waals surface area contributed by atoms with Crippen LogP contribution in [-0.2, 0) is 4.79 Å². The van der Waals surface area contributed by atoms with Crippen molar-refractivity contribution in [1.29, 1.82) is 0 Å². The van der Waals surface area contributed by atoms with E-state index in [9.17, 15) is 4.79 Å². The van der Waals surface area contributed by atoms with Crippen LogP contribution in [0.1, 0.15) is 31.4 Å². The first-order valence-corrected chi connectivity index (χ1v) is 7.44. The standard InChI is InChI=1S/C16H25N3O/c1-13(20)17-12-16(19-10-4-5-11-19)14-6-8-15(9-7-14)18(2)3/h6-9,16H,4-5,10-12H2,1-3H3,(H,17,20)/p+1/t16-/m1/s1. The van der Waals surface area contributed by atoms with Gasteiger partial charge in [0, 0.05) is 45.1 Å². The molecule has 0 unspecified atom stereocenters. The maximum Gasteiger partial charge on any atom is 0.217 e. The Hall–Kier alpha value is -1.55. The smallest absolute Gasteiger partial charge is 0.217 e. The number of hydrogen-bond acceptors (Lipinski definition) is 2. The molecular weight excluding hydrogens is 250 g/mol. The Bertz CT molecular complexity index is 436. The van der Waals surface area contributed by atoms with E-state index < -0.39 is 0 Å². The van der Waals surface area contributed by atoms with E-state index in [1.54, 1.807) is 11.8 Å². The Kier molecular flexibility index (Phi) is 5.01. The largest absolute Gasteiger partial charge is 0.378 e. The summed E-state index contributed by atoms with van der Waals surface area (Å²) in [7, 11) is 4.10. The van der Waals surface area contributed by atoms with Crippen molar-refractivity contribution in [2.45, 2.75) is 25.8 Å². The number of quaternary nitrogens is 1. The first-order valence-electron chi connectivity index (χ1n) is 7.44. The number of nitrogens with zero attached hydrogens (tertiary/aromatic N) is 1. The van der Waals surface area contributed by atoms with Crippen molar-refractivity contribution in [3.8, 4) is 0 Å². The highest BCUT2D eigenvalue weighted by molar-refractivity contribution is 5.72. The molecule has 1 amide bonds. The molecule has 0 spiro atoms. The van der Waals surface area contributed by atoms with Crippen molar-refractivity contribution >= 4 is 11.6 Å². The minimum Gasteiger partial charge on any atom is -0.378 e. The molecule has 1 aliphatic heterocycles. The van der Waals surface area contributed by atoms with Crippen LogP contribution >= 0.6 is 0 Å². The molecule has 4 nitrogen and oxygen atoms in total. The number of likely N-dealkylation sites (tertiary alicyclic amines) is 1. The van der Waals surface area contributed by atoms with Gasteiger partial charge >= 0.3 is 0 Å². The van der Waals surface area contributed by atoms with Crippen LogP contribution in [0.2, 0.25) is 0 Å². The molecule has 20 heavy (non-hydrogen) atoms. The highest BCUT2D eigenvalue weighted by Crippen LogP contribution is 2.17. The van der Waals surface area contributed by atoms with Crippen LogP contribution in [0.4, 0.5) is 5.69 Å². The van der Waals surface area contributed by atoms with Gasteiger partial charge in [-0.25, -0.2) is 0 Å². The van der Waals surface area contributed by atoms with E-state index in [0.29, 0.717) is 6.04 Å². The second-order valence-corrected chi connectivity index (χ2v) is 5.84. The first-order chi connectivity index (χ1) is 9.58. The normalized spacial score (nSPS) is 16.9. The Labute approximate surface area is 121 Å². The molecule has 0 saturated carbocycles. The number of benzene rings is 1. The minimum absolute atomic E-state index is 0.0542. The molecule has 1 fully saturated rings. The predicted molar refractivity (Wildman–Crippen MR) is 82.1 cm³/mol. The molecule has 1 atom stereocenters. The minimum atomic E-state index is 0.0542. The van der Waals surface area contributed by atoms with Gasteiger partial charge in [-0.15, -0.1) is 0 Å². The van der Waals surface area contributed by atoms with Gasteiger partial charge in [0.1, 0.15) is 6.04 Å². The Balaban J connectivity index is 2.13. The van der Waals surface area contributed by atoms with Gasteiger partial charge in [-0.2, -0.15) is 0 Å². The first kappa shape index (κ1) is 14.9. The molecule has 1 saturated heterocycles. The number of nitrogens with one attached hydrogen (secondary N) is 2. The van der Waals surface area contributed by atoms with Gasteiger partial charge in [-0.1, -0.05) is 12.1 Å². The topological polar surface area (TPSA) is 36.8 Å². The number of hydrogen-bond donors (Lipinski definition) is 2. The average molecular weight is 276 g/mol. The number of amides is 1. The zero-order valence-electron chi connectivity index (χ0n) is 12.8. The van der Waals surface area contributed by atoms with E-state index in [1.807, 2.05) is 0 Å². The molecule has 1 aromatic rings. The van der Waals surface area contributed by atoms with Gasteiger partial charge in [0.05, 0.1) is 19.6 Å². The zero-order valence-corrected chi connectivity index (χ0v) is 12.8. The molecule has 1 aromatic carbocycles. The summed E-state index contributed by atoms with van der Waals surface area (Å²) in [5, 5.41) is 2.99. The monoisotopic (exact) mass is 276 g/mol. The summed E-state index contributed by atoms with van der Waals surface area (Å²) in [4.78, 5) is 14.9. The Morgan fingerprint density at radius 2 is 1.85 bits per heavy atom. The van der Waals surface area contributed by atoms with E-state index in [4.69, 9.17) is 0 Å². The summed E-state index contributed by atoms with van der Waals surface area (Å²) in [6, 6.07) is 9.09. The molecule has 110 valence electrons. The second kappa shape index (κ2) is 6.75. The predicted octanol–water partition coefficient (Wildman–Crippen LogP) is 0.609.